The van der Waals surface area contributed by atoms with Crippen molar-refractivity contribution >= 4 is 34.7 Å². The van der Waals surface area contributed by atoms with Gasteiger partial charge in [0.05, 0.1) is 4.92 Å². The van der Waals surface area contributed by atoms with E-state index in [1.165, 1.54) is 6.07 Å². The van der Waals surface area contributed by atoms with Crippen LogP contribution < -0.4 is 5.32 Å². The third-order valence-electron chi connectivity index (χ3n) is 2.31. The van der Waals surface area contributed by atoms with E-state index in [9.17, 15) is 10.1 Å². The molecule has 17 heavy (non-hydrogen) atoms. The highest BCUT2D eigenvalue weighted by atomic mass is 35.5. The van der Waals surface area contributed by atoms with Gasteiger partial charge in [0, 0.05) is 17.1 Å². The smallest absolute Gasteiger partial charge is 0.293 e. The zero-order valence-corrected chi connectivity index (χ0v) is 11.3. The number of benzene rings is 1. The molecular formula is C11H15ClN2O2S. The lowest BCUT2D eigenvalue weighted by molar-refractivity contribution is -0.384. The van der Waals surface area contributed by atoms with E-state index in [-0.39, 0.29) is 11.7 Å². The molecule has 1 aromatic rings. The van der Waals surface area contributed by atoms with Crippen LogP contribution >= 0.6 is 23.4 Å². The molecule has 0 spiro atoms. The van der Waals surface area contributed by atoms with Gasteiger partial charge in [0.2, 0.25) is 0 Å². The van der Waals surface area contributed by atoms with E-state index in [0.717, 1.165) is 12.2 Å². The minimum atomic E-state index is -0.421. The monoisotopic (exact) mass is 274 g/mol. The van der Waals surface area contributed by atoms with Crippen molar-refractivity contribution < 1.29 is 4.92 Å². The van der Waals surface area contributed by atoms with Gasteiger partial charge in [0.25, 0.3) is 5.69 Å². The summed E-state index contributed by atoms with van der Waals surface area (Å²) >= 11 is 7.50. The van der Waals surface area contributed by atoms with Gasteiger partial charge >= 0.3 is 0 Å². The van der Waals surface area contributed by atoms with E-state index < -0.39 is 4.92 Å². The van der Waals surface area contributed by atoms with E-state index in [2.05, 4.69) is 5.32 Å². The zero-order valence-electron chi connectivity index (χ0n) is 9.77. The second-order valence-corrected chi connectivity index (χ2v) is 5.17. The summed E-state index contributed by atoms with van der Waals surface area (Å²) in [6.45, 7) is 2.01. The molecule has 0 heterocycles. The van der Waals surface area contributed by atoms with Gasteiger partial charge in [-0.15, -0.1) is 0 Å². The van der Waals surface area contributed by atoms with Crippen molar-refractivity contribution in [2.24, 2.45) is 0 Å². The molecule has 0 aliphatic rings. The fraction of sp³-hybridized carbons (Fsp3) is 0.455. The number of nitro benzene ring substituents is 1. The van der Waals surface area contributed by atoms with Crippen LogP contribution in [0.1, 0.15) is 13.3 Å². The van der Waals surface area contributed by atoms with Crippen LogP contribution in [0, 0.1) is 10.1 Å². The van der Waals surface area contributed by atoms with Crippen molar-refractivity contribution in [2.75, 3.05) is 17.3 Å². The average molecular weight is 275 g/mol. The fourth-order valence-electron chi connectivity index (χ4n) is 1.41. The van der Waals surface area contributed by atoms with E-state index in [1.807, 2.05) is 13.2 Å². The van der Waals surface area contributed by atoms with Crippen molar-refractivity contribution in [1.29, 1.82) is 0 Å². The Morgan fingerprint density at radius 3 is 2.88 bits per heavy atom. The van der Waals surface area contributed by atoms with Crippen LogP contribution in [0.2, 0.25) is 5.02 Å². The van der Waals surface area contributed by atoms with Crippen molar-refractivity contribution in [3.63, 3.8) is 0 Å². The van der Waals surface area contributed by atoms with Crippen molar-refractivity contribution in [3.8, 4) is 0 Å². The van der Waals surface area contributed by atoms with Gasteiger partial charge in [-0.2, -0.15) is 11.8 Å². The van der Waals surface area contributed by atoms with Crippen molar-refractivity contribution in [3.05, 3.63) is 33.3 Å². The molecule has 0 saturated heterocycles. The van der Waals surface area contributed by atoms with Crippen LogP contribution in [-0.2, 0) is 0 Å². The number of hydrogen-bond donors (Lipinski definition) is 1. The molecule has 0 aliphatic carbocycles. The fourth-order valence-corrected chi connectivity index (χ4v) is 2.17. The summed E-state index contributed by atoms with van der Waals surface area (Å²) in [5, 5.41) is 14.4. The van der Waals surface area contributed by atoms with Crippen LogP contribution in [0.15, 0.2) is 18.2 Å². The second-order valence-electron chi connectivity index (χ2n) is 3.75. The van der Waals surface area contributed by atoms with E-state index >= 15 is 0 Å². The molecule has 94 valence electrons. The normalized spacial score (nSPS) is 12.2. The molecule has 0 radical (unpaired) electrons. The van der Waals surface area contributed by atoms with Gasteiger partial charge in [-0.3, -0.25) is 10.1 Å². The molecule has 4 nitrogen and oxygen atoms in total. The van der Waals surface area contributed by atoms with Crippen LogP contribution in [-0.4, -0.2) is 23.0 Å². The number of rotatable bonds is 6. The Kier molecular flexibility index (Phi) is 5.58. The maximum Gasteiger partial charge on any atom is 0.293 e. The molecule has 0 fully saturated rings. The van der Waals surface area contributed by atoms with Crippen molar-refractivity contribution in [2.45, 2.75) is 19.4 Å². The summed E-state index contributed by atoms with van der Waals surface area (Å²) in [7, 11) is 0. The Morgan fingerprint density at radius 1 is 1.59 bits per heavy atom. The summed E-state index contributed by atoms with van der Waals surface area (Å²) in [5.74, 6) is 1.02. The van der Waals surface area contributed by atoms with Crippen LogP contribution in [0.25, 0.3) is 0 Å². The highest BCUT2D eigenvalue weighted by molar-refractivity contribution is 7.98. The quantitative estimate of drug-likeness (QED) is 0.633. The average Bonchev–Trinajstić information content (AvgIpc) is 2.28. The Hall–Kier alpha value is -0.940. The highest BCUT2D eigenvalue weighted by Gasteiger charge is 2.15. The lowest BCUT2D eigenvalue weighted by Crippen LogP contribution is -2.16. The first kappa shape index (κ1) is 14.1. The van der Waals surface area contributed by atoms with E-state index in [0.29, 0.717) is 10.7 Å². The molecule has 1 rings (SSSR count). The molecule has 1 N–H and O–H groups in total. The van der Waals surface area contributed by atoms with Gasteiger partial charge in [0.1, 0.15) is 5.69 Å². The van der Waals surface area contributed by atoms with E-state index in [1.54, 1.807) is 23.9 Å². The number of hydrogen-bond acceptors (Lipinski definition) is 4. The maximum atomic E-state index is 10.9. The van der Waals surface area contributed by atoms with Gasteiger partial charge < -0.3 is 5.32 Å². The Balaban J connectivity index is 2.79. The number of nitrogens with zero attached hydrogens (tertiary/aromatic N) is 1. The predicted octanol–water partition coefficient (Wildman–Crippen LogP) is 3.80. The molecule has 0 saturated carbocycles. The molecule has 1 atom stereocenters. The Labute approximate surface area is 110 Å². The third-order valence-corrected chi connectivity index (χ3v) is 3.19. The van der Waals surface area contributed by atoms with Crippen molar-refractivity contribution in [1.82, 2.24) is 0 Å². The van der Waals surface area contributed by atoms with Crippen LogP contribution in [0.3, 0.4) is 0 Å². The standard InChI is InChI=1S/C11H15ClN2O2S/c1-8(5-6-17-2)13-10-4-3-9(12)7-11(10)14(15)16/h3-4,7-8,13H,5-6H2,1-2H3. The number of nitro groups is 1. The summed E-state index contributed by atoms with van der Waals surface area (Å²) in [5.41, 5.74) is 0.543. The number of anilines is 1. The van der Waals surface area contributed by atoms with Gasteiger partial charge in [-0.25, -0.2) is 0 Å². The Morgan fingerprint density at radius 2 is 2.29 bits per heavy atom. The SMILES string of the molecule is CSCCC(C)Nc1ccc(Cl)cc1[N+](=O)[O-]. The maximum absolute atomic E-state index is 10.9. The third kappa shape index (κ3) is 4.44. The Bertz CT molecular complexity index is 401. The summed E-state index contributed by atoms with van der Waals surface area (Å²) in [4.78, 5) is 10.5. The molecular weight excluding hydrogens is 260 g/mol. The lowest BCUT2D eigenvalue weighted by atomic mass is 10.2. The lowest BCUT2D eigenvalue weighted by Gasteiger charge is -2.14. The zero-order chi connectivity index (χ0) is 12.8. The number of thioether (sulfide) groups is 1. The molecule has 6 heteroatoms. The predicted molar refractivity (Wildman–Crippen MR) is 74.2 cm³/mol. The summed E-state index contributed by atoms with van der Waals surface area (Å²) in [6.07, 6.45) is 3.00. The summed E-state index contributed by atoms with van der Waals surface area (Å²) < 4.78 is 0. The van der Waals surface area contributed by atoms with Gasteiger partial charge in [-0.1, -0.05) is 11.6 Å². The molecule has 0 amide bonds. The largest absolute Gasteiger partial charge is 0.377 e. The summed E-state index contributed by atoms with van der Waals surface area (Å²) in [6, 6.07) is 4.86. The van der Waals surface area contributed by atoms with Gasteiger partial charge in [0.15, 0.2) is 0 Å². The van der Waals surface area contributed by atoms with Crippen LogP contribution in [0.4, 0.5) is 11.4 Å². The topological polar surface area (TPSA) is 55.2 Å². The minimum absolute atomic E-state index is 0.0218. The first-order valence-electron chi connectivity index (χ1n) is 5.24. The van der Waals surface area contributed by atoms with Crippen LogP contribution in [0.5, 0.6) is 0 Å². The first-order chi connectivity index (χ1) is 8.04. The molecule has 0 aliphatic heterocycles. The molecule has 1 unspecified atom stereocenters. The number of nitrogens with one attached hydrogen (secondary N) is 1. The first-order valence-corrected chi connectivity index (χ1v) is 7.01. The molecule has 1 aromatic carbocycles. The minimum Gasteiger partial charge on any atom is -0.377 e. The van der Waals surface area contributed by atoms with E-state index in [4.69, 9.17) is 11.6 Å². The highest BCUT2D eigenvalue weighted by Crippen LogP contribution is 2.28. The van der Waals surface area contributed by atoms with Gasteiger partial charge in [-0.05, 0) is 37.5 Å². The molecule has 0 bridgehead atoms. The number of halogens is 1. The molecule has 0 aromatic heterocycles. The second kappa shape index (κ2) is 6.71.